The van der Waals surface area contributed by atoms with E-state index in [1.165, 1.54) is 0 Å². The molecule has 0 bridgehead atoms. The van der Waals surface area contributed by atoms with Gasteiger partial charge in [-0.2, -0.15) is 0 Å². The molecule has 1 fully saturated rings. The van der Waals surface area contributed by atoms with Crippen LogP contribution >= 0.6 is 23.2 Å². The predicted octanol–water partition coefficient (Wildman–Crippen LogP) is 6.30. The molecular formula is C30H26Cl2N4O3. The molecule has 5 aromatic rings. The van der Waals surface area contributed by atoms with E-state index < -0.39 is 0 Å². The first kappa shape index (κ1) is 25.6. The fourth-order valence-corrected chi connectivity index (χ4v) is 5.36. The molecule has 0 radical (unpaired) electrons. The summed E-state index contributed by atoms with van der Waals surface area (Å²) in [5, 5.41) is 1.36. The fourth-order valence-electron chi connectivity index (χ4n) is 4.87. The summed E-state index contributed by atoms with van der Waals surface area (Å²) in [6.07, 6.45) is 2.61. The topological polar surface area (TPSA) is 71.7 Å². The lowest BCUT2D eigenvalue weighted by Crippen LogP contribution is -2.47. The Labute approximate surface area is 235 Å². The lowest BCUT2D eigenvalue weighted by atomic mass is 10.1. The molecule has 198 valence electrons. The van der Waals surface area contributed by atoms with Gasteiger partial charge in [-0.1, -0.05) is 47.5 Å². The Morgan fingerprint density at radius 2 is 1.69 bits per heavy atom. The van der Waals surface area contributed by atoms with Crippen LogP contribution in [0.1, 0.15) is 6.42 Å². The van der Waals surface area contributed by atoms with Crippen molar-refractivity contribution in [1.82, 2.24) is 14.9 Å². The number of piperazine rings is 1. The van der Waals surface area contributed by atoms with E-state index in [1.54, 1.807) is 36.4 Å². The molecule has 39 heavy (non-hydrogen) atoms. The molecule has 1 saturated heterocycles. The van der Waals surface area contributed by atoms with E-state index in [1.807, 2.05) is 36.5 Å². The molecule has 1 aliphatic heterocycles. The van der Waals surface area contributed by atoms with Crippen molar-refractivity contribution in [3.05, 3.63) is 93.2 Å². The number of rotatable bonds is 7. The van der Waals surface area contributed by atoms with Gasteiger partial charge < -0.3 is 14.1 Å². The van der Waals surface area contributed by atoms with E-state index in [0.717, 1.165) is 56.0 Å². The monoisotopic (exact) mass is 560 g/mol. The van der Waals surface area contributed by atoms with Crippen LogP contribution < -0.4 is 15.1 Å². The predicted molar refractivity (Wildman–Crippen MR) is 156 cm³/mol. The molecule has 9 heteroatoms. The number of hydrogen-bond acceptors (Lipinski definition) is 7. The van der Waals surface area contributed by atoms with Crippen molar-refractivity contribution in [2.45, 2.75) is 6.42 Å². The maximum Gasteiger partial charge on any atom is 0.235 e. The largest absolute Gasteiger partial charge is 0.486 e. The number of hydrogen-bond donors (Lipinski definition) is 0. The summed E-state index contributed by atoms with van der Waals surface area (Å²) in [4.78, 5) is 27.4. The first-order valence-electron chi connectivity index (χ1n) is 12.9. The highest BCUT2D eigenvalue weighted by Gasteiger charge is 2.21. The molecule has 0 N–H and O–H groups in total. The van der Waals surface area contributed by atoms with Crippen LogP contribution in [0.2, 0.25) is 10.0 Å². The standard InChI is InChI=1S/C30H26Cl2N4O3/c31-20-10-11-21(23(32)18-20)29-30(28(37)22-6-1-4-9-26(22)39-29)38-17-5-12-35-13-15-36(16-14-35)27-19-33-24-7-2-3-8-25(24)34-27/h1-4,6-11,18-19H,5,12-17H2. The van der Waals surface area contributed by atoms with Crippen molar-refractivity contribution in [1.29, 1.82) is 0 Å². The zero-order chi connectivity index (χ0) is 26.8. The Morgan fingerprint density at radius 3 is 2.51 bits per heavy atom. The quantitative estimate of drug-likeness (QED) is 0.216. The number of aromatic nitrogens is 2. The number of fused-ring (bicyclic) bond motifs is 2. The molecular weight excluding hydrogens is 535 g/mol. The Kier molecular flexibility index (Phi) is 7.37. The summed E-state index contributed by atoms with van der Waals surface area (Å²) in [6, 6.07) is 20.1. The van der Waals surface area contributed by atoms with Gasteiger partial charge >= 0.3 is 0 Å². The molecule has 0 aliphatic carbocycles. The molecule has 3 heterocycles. The highest BCUT2D eigenvalue weighted by molar-refractivity contribution is 6.36. The Balaban J connectivity index is 1.11. The van der Waals surface area contributed by atoms with E-state index >= 15 is 0 Å². The van der Waals surface area contributed by atoms with Gasteiger partial charge in [0.05, 0.1) is 34.2 Å². The summed E-state index contributed by atoms with van der Waals surface area (Å²) < 4.78 is 12.2. The maximum absolute atomic E-state index is 13.4. The van der Waals surface area contributed by atoms with Gasteiger partial charge in [-0.15, -0.1) is 0 Å². The number of ether oxygens (including phenoxy) is 1. The van der Waals surface area contributed by atoms with Crippen LogP contribution in [0.4, 0.5) is 5.82 Å². The zero-order valence-corrected chi connectivity index (χ0v) is 22.7. The number of benzene rings is 3. The molecule has 0 spiro atoms. The minimum absolute atomic E-state index is 0.164. The van der Waals surface area contributed by atoms with Crippen molar-refractivity contribution in [3.63, 3.8) is 0 Å². The van der Waals surface area contributed by atoms with E-state index in [9.17, 15) is 4.79 Å². The molecule has 1 aliphatic rings. The van der Waals surface area contributed by atoms with Gasteiger partial charge in [0.25, 0.3) is 0 Å². The van der Waals surface area contributed by atoms with Gasteiger partial charge in [0, 0.05) is 43.3 Å². The summed E-state index contributed by atoms with van der Waals surface area (Å²) >= 11 is 12.6. The average Bonchev–Trinajstić information content (AvgIpc) is 2.96. The molecule has 3 aromatic carbocycles. The molecule has 2 aromatic heterocycles. The second-order valence-electron chi connectivity index (χ2n) is 9.46. The Hall–Kier alpha value is -3.65. The minimum Gasteiger partial charge on any atom is -0.486 e. The van der Waals surface area contributed by atoms with Crippen molar-refractivity contribution < 1.29 is 9.15 Å². The maximum atomic E-state index is 13.4. The van der Waals surface area contributed by atoms with Gasteiger partial charge in [0.15, 0.2) is 5.76 Å². The smallest absolute Gasteiger partial charge is 0.235 e. The second-order valence-corrected chi connectivity index (χ2v) is 10.3. The third kappa shape index (κ3) is 5.43. The first-order chi connectivity index (χ1) is 19.1. The van der Waals surface area contributed by atoms with Crippen molar-refractivity contribution in [3.8, 4) is 17.1 Å². The highest BCUT2D eigenvalue weighted by atomic mass is 35.5. The van der Waals surface area contributed by atoms with Gasteiger partial charge in [-0.05, 0) is 48.9 Å². The molecule has 0 atom stereocenters. The number of halogens is 2. The normalized spacial score (nSPS) is 14.3. The summed E-state index contributed by atoms with van der Waals surface area (Å²) in [5.41, 5.74) is 2.63. The molecule has 0 saturated carbocycles. The van der Waals surface area contributed by atoms with Crippen LogP contribution in [0.5, 0.6) is 5.75 Å². The van der Waals surface area contributed by atoms with Gasteiger partial charge in [0.1, 0.15) is 11.4 Å². The average molecular weight is 561 g/mol. The van der Waals surface area contributed by atoms with Crippen molar-refractivity contribution >= 4 is 51.0 Å². The summed E-state index contributed by atoms with van der Waals surface area (Å²) in [6.45, 7) is 4.81. The van der Waals surface area contributed by atoms with E-state index in [0.29, 0.717) is 38.9 Å². The number of anilines is 1. The van der Waals surface area contributed by atoms with Gasteiger partial charge in [-0.3, -0.25) is 14.7 Å². The lowest BCUT2D eigenvalue weighted by Gasteiger charge is -2.35. The van der Waals surface area contributed by atoms with E-state index in [-0.39, 0.29) is 11.2 Å². The van der Waals surface area contributed by atoms with Crippen molar-refractivity contribution in [2.24, 2.45) is 0 Å². The summed E-state index contributed by atoms with van der Waals surface area (Å²) in [7, 11) is 0. The minimum atomic E-state index is -0.219. The van der Waals surface area contributed by atoms with E-state index in [4.69, 9.17) is 37.3 Å². The van der Waals surface area contributed by atoms with Gasteiger partial charge in [-0.25, -0.2) is 4.98 Å². The Morgan fingerprint density at radius 1 is 0.923 bits per heavy atom. The first-order valence-corrected chi connectivity index (χ1v) is 13.7. The molecule has 0 amide bonds. The molecule has 6 rings (SSSR count). The molecule has 7 nitrogen and oxygen atoms in total. The van der Waals surface area contributed by atoms with Crippen LogP contribution in [0.25, 0.3) is 33.3 Å². The second kappa shape index (κ2) is 11.2. The number of para-hydroxylation sites is 3. The lowest BCUT2D eigenvalue weighted by molar-refractivity contribution is 0.223. The van der Waals surface area contributed by atoms with Crippen LogP contribution in [-0.2, 0) is 0 Å². The zero-order valence-electron chi connectivity index (χ0n) is 21.1. The van der Waals surface area contributed by atoms with Crippen LogP contribution in [0, 0.1) is 0 Å². The molecule has 0 unspecified atom stereocenters. The fraction of sp³-hybridized carbons (Fsp3) is 0.233. The van der Waals surface area contributed by atoms with E-state index in [2.05, 4.69) is 14.8 Å². The number of nitrogens with zero attached hydrogens (tertiary/aromatic N) is 4. The van der Waals surface area contributed by atoms with Crippen LogP contribution in [-0.4, -0.2) is 54.2 Å². The highest BCUT2D eigenvalue weighted by Crippen LogP contribution is 2.36. The third-order valence-corrected chi connectivity index (χ3v) is 7.48. The SMILES string of the molecule is O=c1c(OCCCN2CCN(c3cnc4ccccc4n3)CC2)c(-c2ccc(Cl)cc2Cl)oc2ccccc12. The van der Waals surface area contributed by atoms with Crippen LogP contribution in [0.3, 0.4) is 0 Å². The Bertz CT molecular complexity index is 1700. The summed E-state index contributed by atoms with van der Waals surface area (Å²) in [5.74, 6) is 1.39. The third-order valence-electron chi connectivity index (χ3n) is 6.93. The van der Waals surface area contributed by atoms with Crippen LogP contribution in [0.15, 0.2) is 82.1 Å². The van der Waals surface area contributed by atoms with Gasteiger partial charge in [0.2, 0.25) is 11.2 Å². The van der Waals surface area contributed by atoms with Crippen molar-refractivity contribution in [2.75, 3.05) is 44.2 Å².